The van der Waals surface area contributed by atoms with Crippen LogP contribution >= 0.6 is 23.2 Å². The lowest BCUT2D eigenvalue weighted by Crippen LogP contribution is -2.27. The molecule has 0 unspecified atom stereocenters. The zero-order chi connectivity index (χ0) is 19.6. The SMILES string of the molecule is COc1ccc(Cl)cc1NC(=O)c1nn(-c2ccc(Cl)cc2)c(C)cc1=O. The first-order valence-electron chi connectivity index (χ1n) is 7.91. The van der Waals surface area contributed by atoms with Crippen molar-refractivity contribution in [2.45, 2.75) is 6.92 Å². The summed E-state index contributed by atoms with van der Waals surface area (Å²) >= 11 is 11.9. The molecule has 0 saturated carbocycles. The van der Waals surface area contributed by atoms with Crippen LogP contribution in [0.1, 0.15) is 16.2 Å². The number of ether oxygens (including phenoxy) is 1. The summed E-state index contributed by atoms with van der Waals surface area (Å²) in [7, 11) is 1.47. The van der Waals surface area contributed by atoms with Crippen LogP contribution in [0.15, 0.2) is 53.3 Å². The van der Waals surface area contributed by atoms with Gasteiger partial charge >= 0.3 is 0 Å². The third-order valence-electron chi connectivity index (χ3n) is 3.80. The molecule has 1 heterocycles. The first-order valence-corrected chi connectivity index (χ1v) is 8.66. The van der Waals surface area contributed by atoms with E-state index in [0.717, 1.165) is 0 Å². The molecule has 27 heavy (non-hydrogen) atoms. The molecule has 0 spiro atoms. The fourth-order valence-corrected chi connectivity index (χ4v) is 2.81. The zero-order valence-electron chi connectivity index (χ0n) is 14.5. The number of methoxy groups -OCH3 is 1. The van der Waals surface area contributed by atoms with Crippen LogP contribution in [0, 0.1) is 6.92 Å². The van der Waals surface area contributed by atoms with Gasteiger partial charge in [-0.3, -0.25) is 9.59 Å². The average molecular weight is 404 g/mol. The monoisotopic (exact) mass is 403 g/mol. The molecule has 0 radical (unpaired) electrons. The first kappa shape index (κ1) is 18.9. The fourth-order valence-electron chi connectivity index (χ4n) is 2.51. The number of benzene rings is 2. The van der Waals surface area contributed by atoms with Crippen molar-refractivity contribution < 1.29 is 9.53 Å². The minimum atomic E-state index is -0.664. The Kier molecular flexibility index (Phi) is 5.48. The molecule has 0 aliphatic heterocycles. The molecule has 2 aromatic carbocycles. The molecule has 0 fully saturated rings. The van der Waals surface area contributed by atoms with Crippen LogP contribution < -0.4 is 15.5 Å². The predicted molar refractivity (Wildman–Crippen MR) is 106 cm³/mol. The summed E-state index contributed by atoms with van der Waals surface area (Å²) in [5.41, 5.74) is 0.856. The van der Waals surface area contributed by atoms with Gasteiger partial charge in [0.15, 0.2) is 5.69 Å². The maximum atomic E-state index is 12.7. The maximum absolute atomic E-state index is 12.7. The summed E-state index contributed by atoms with van der Waals surface area (Å²) in [6, 6.07) is 13.0. The topological polar surface area (TPSA) is 73.2 Å². The first-order chi connectivity index (χ1) is 12.9. The van der Waals surface area contributed by atoms with Gasteiger partial charge in [0.25, 0.3) is 5.91 Å². The quantitative estimate of drug-likeness (QED) is 0.711. The molecule has 0 bridgehead atoms. The largest absolute Gasteiger partial charge is 0.495 e. The predicted octanol–water partition coefficient (Wildman–Crippen LogP) is 4.11. The van der Waals surface area contributed by atoms with Crippen molar-refractivity contribution in [2.75, 3.05) is 12.4 Å². The van der Waals surface area contributed by atoms with Gasteiger partial charge in [0, 0.05) is 21.8 Å². The second-order valence-corrected chi connectivity index (χ2v) is 6.56. The molecule has 0 aliphatic rings. The van der Waals surface area contributed by atoms with Gasteiger partial charge in [0.2, 0.25) is 5.43 Å². The number of hydrogen-bond donors (Lipinski definition) is 1. The van der Waals surface area contributed by atoms with E-state index in [1.807, 2.05) is 0 Å². The van der Waals surface area contributed by atoms with Crippen molar-refractivity contribution in [1.82, 2.24) is 9.78 Å². The number of amides is 1. The minimum absolute atomic E-state index is 0.252. The third kappa shape index (κ3) is 4.13. The highest BCUT2D eigenvalue weighted by Crippen LogP contribution is 2.27. The summed E-state index contributed by atoms with van der Waals surface area (Å²) in [4.78, 5) is 25.0. The van der Waals surface area contributed by atoms with Crippen molar-refractivity contribution in [3.63, 3.8) is 0 Å². The van der Waals surface area contributed by atoms with E-state index in [9.17, 15) is 9.59 Å². The Balaban J connectivity index is 2.00. The lowest BCUT2D eigenvalue weighted by atomic mass is 10.2. The van der Waals surface area contributed by atoms with E-state index in [0.29, 0.717) is 32.9 Å². The van der Waals surface area contributed by atoms with Gasteiger partial charge < -0.3 is 10.1 Å². The molecular weight excluding hydrogens is 389 g/mol. The molecule has 0 aliphatic carbocycles. The average Bonchev–Trinajstić information content (AvgIpc) is 2.63. The molecule has 1 amide bonds. The highest BCUT2D eigenvalue weighted by Gasteiger charge is 2.17. The highest BCUT2D eigenvalue weighted by atomic mass is 35.5. The van der Waals surface area contributed by atoms with E-state index >= 15 is 0 Å². The van der Waals surface area contributed by atoms with Crippen LogP contribution in [-0.4, -0.2) is 22.8 Å². The van der Waals surface area contributed by atoms with E-state index in [1.54, 1.807) is 43.3 Å². The number of carbonyl (C=O) groups is 1. The van der Waals surface area contributed by atoms with Gasteiger partial charge in [0.1, 0.15) is 5.75 Å². The number of rotatable bonds is 4. The molecule has 6 nitrogen and oxygen atoms in total. The summed E-state index contributed by atoms with van der Waals surface area (Å²) in [5.74, 6) is -0.249. The summed E-state index contributed by atoms with van der Waals surface area (Å²) in [5, 5.41) is 7.83. The molecule has 3 aromatic rings. The number of carbonyl (C=O) groups excluding carboxylic acids is 1. The Morgan fingerprint density at radius 1 is 1.07 bits per heavy atom. The molecule has 0 atom stereocenters. The normalized spacial score (nSPS) is 10.5. The van der Waals surface area contributed by atoms with Gasteiger partial charge in [-0.1, -0.05) is 23.2 Å². The van der Waals surface area contributed by atoms with Crippen LogP contribution in [0.2, 0.25) is 10.0 Å². The number of aryl methyl sites for hydroxylation is 1. The van der Waals surface area contributed by atoms with Crippen LogP contribution in [0.4, 0.5) is 5.69 Å². The number of hydrogen-bond acceptors (Lipinski definition) is 4. The Morgan fingerprint density at radius 2 is 1.74 bits per heavy atom. The Hall–Kier alpha value is -2.83. The maximum Gasteiger partial charge on any atom is 0.280 e. The fraction of sp³-hybridized carbons (Fsp3) is 0.105. The van der Waals surface area contributed by atoms with E-state index in [1.165, 1.54) is 23.9 Å². The smallest absolute Gasteiger partial charge is 0.280 e. The Labute approximate surface area is 165 Å². The molecule has 138 valence electrons. The number of nitrogens with zero attached hydrogens (tertiary/aromatic N) is 2. The Morgan fingerprint density at radius 3 is 2.41 bits per heavy atom. The van der Waals surface area contributed by atoms with Crippen molar-refractivity contribution >= 4 is 34.8 Å². The van der Waals surface area contributed by atoms with Crippen LogP contribution in [-0.2, 0) is 0 Å². The van der Waals surface area contributed by atoms with E-state index in [4.69, 9.17) is 27.9 Å². The lowest BCUT2D eigenvalue weighted by Gasteiger charge is -2.13. The number of anilines is 1. The van der Waals surface area contributed by atoms with Gasteiger partial charge in [-0.15, -0.1) is 0 Å². The van der Waals surface area contributed by atoms with Crippen LogP contribution in [0.3, 0.4) is 0 Å². The van der Waals surface area contributed by atoms with E-state index < -0.39 is 11.3 Å². The number of nitrogens with one attached hydrogen (secondary N) is 1. The summed E-state index contributed by atoms with van der Waals surface area (Å²) < 4.78 is 6.70. The molecule has 1 aromatic heterocycles. The molecule has 3 rings (SSSR count). The molecule has 1 N–H and O–H groups in total. The second kappa shape index (κ2) is 7.82. The van der Waals surface area contributed by atoms with E-state index in [2.05, 4.69) is 10.4 Å². The summed E-state index contributed by atoms with van der Waals surface area (Å²) in [6.45, 7) is 1.73. The van der Waals surface area contributed by atoms with Crippen molar-refractivity contribution in [3.05, 3.63) is 80.2 Å². The Bertz CT molecular complexity index is 1060. The minimum Gasteiger partial charge on any atom is -0.495 e. The highest BCUT2D eigenvalue weighted by molar-refractivity contribution is 6.31. The van der Waals surface area contributed by atoms with Crippen molar-refractivity contribution in [2.24, 2.45) is 0 Å². The van der Waals surface area contributed by atoms with E-state index in [-0.39, 0.29) is 5.69 Å². The van der Waals surface area contributed by atoms with Gasteiger partial charge in [-0.05, 0) is 49.4 Å². The zero-order valence-corrected chi connectivity index (χ0v) is 16.0. The van der Waals surface area contributed by atoms with Gasteiger partial charge in [0.05, 0.1) is 18.5 Å². The lowest BCUT2D eigenvalue weighted by molar-refractivity contribution is 0.101. The number of halogens is 2. The van der Waals surface area contributed by atoms with Gasteiger partial charge in [-0.2, -0.15) is 5.10 Å². The van der Waals surface area contributed by atoms with Crippen LogP contribution in [0.25, 0.3) is 5.69 Å². The van der Waals surface area contributed by atoms with Crippen molar-refractivity contribution in [1.29, 1.82) is 0 Å². The molecule has 8 heteroatoms. The second-order valence-electron chi connectivity index (χ2n) is 5.69. The van der Waals surface area contributed by atoms with Crippen molar-refractivity contribution in [3.8, 4) is 11.4 Å². The number of aromatic nitrogens is 2. The molecule has 0 saturated heterocycles. The van der Waals surface area contributed by atoms with Gasteiger partial charge in [-0.25, -0.2) is 4.68 Å². The molecular formula is C19H15Cl2N3O3. The standard InChI is InChI=1S/C19H15Cl2N3O3/c1-11-9-16(25)18(23-24(11)14-6-3-12(20)4-7-14)19(26)22-15-10-13(21)5-8-17(15)27-2/h3-10H,1-2H3,(H,22,26). The summed E-state index contributed by atoms with van der Waals surface area (Å²) in [6.07, 6.45) is 0. The van der Waals surface area contributed by atoms with Crippen LogP contribution in [0.5, 0.6) is 5.75 Å². The third-order valence-corrected chi connectivity index (χ3v) is 4.29.